The van der Waals surface area contributed by atoms with Gasteiger partial charge in [0.15, 0.2) is 11.6 Å². The van der Waals surface area contributed by atoms with Gasteiger partial charge in [0, 0.05) is 12.3 Å². The predicted molar refractivity (Wildman–Crippen MR) is 85.3 cm³/mol. The fraction of sp³-hybridized carbons (Fsp3) is 0.333. The van der Waals surface area contributed by atoms with E-state index in [1.807, 2.05) is 0 Å². The van der Waals surface area contributed by atoms with Crippen molar-refractivity contribution in [2.75, 3.05) is 26.2 Å². The lowest BCUT2D eigenvalue weighted by atomic mass is 10.1. The van der Waals surface area contributed by atoms with Crippen LogP contribution in [0.25, 0.3) is 5.76 Å². The van der Waals surface area contributed by atoms with Crippen LogP contribution in [0, 0.1) is 17.5 Å². The Morgan fingerprint density at radius 3 is 2.38 bits per heavy atom. The molecule has 0 radical (unpaired) electrons. The van der Waals surface area contributed by atoms with Gasteiger partial charge >= 0.3 is 5.97 Å². The molecule has 0 amide bonds. The van der Waals surface area contributed by atoms with Crippen LogP contribution in [-0.4, -0.2) is 43.5 Å². The molecular formula is C15H17F3NO4P. The van der Waals surface area contributed by atoms with Crippen LogP contribution in [0.2, 0.25) is 0 Å². The third-order valence-corrected chi connectivity index (χ3v) is 3.50. The molecule has 0 aromatic heterocycles. The van der Waals surface area contributed by atoms with Crippen LogP contribution >= 0.6 is 7.14 Å². The van der Waals surface area contributed by atoms with Gasteiger partial charge in [0.25, 0.3) is 0 Å². The standard InChI is InChI=1S/C15H17F3NO4P/c1-4-23-15(21)10(7-19-8-24(2,3)22)14(20)9-5-12(17)13(18)6-11(9)16/h5-7,20H,4,8H2,1-3H3/b14-10-,19-7-. The fourth-order valence-electron chi connectivity index (χ4n) is 1.60. The molecule has 24 heavy (non-hydrogen) atoms. The molecule has 1 aromatic rings. The summed E-state index contributed by atoms with van der Waals surface area (Å²) >= 11 is 0. The van der Waals surface area contributed by atoms with Crippen LogP contribution in [0.3, 0.4) is 0 Å². The molecule has 0 aliphatic heterocycles. The highest BCUT2D eigenvalue weighted by molar-refractivity contribution is 7.62. The topological polar surface area (TPSA) is 76.0 Å². The normalized spacial score (nSPS) is 13.1. The van der Waals surface area contributed by atoms with Crippen LogP contribution in [0.5, 0.6) is 0 Å². The summed E-state index contributed by atoms with van der Waals surface area (Å²) in [6.45, 7) is 4.40. The molecule has 0 atom stereocenters. The van der Waals surface area contributed by atoms with E-state index in [1.54, 1.807) is 0 Å². The fourth-order valence-corrected chi connectivity index (χ4v) is 2.07. The number of rotatable bonds is 6. The number of aliphatic hydroxyl groups is 1. The van der Waals surface area contributed by atoms with Crippen molar-refractivity contribution in [1.82, 2.24) is 0 Å². The first-order valence-corrected chi connectivity index (χ1v) is 9.64. The largest absolute Gasteiger partial charge is 0.506 e. The van der Waals surface area contributed by atoms with Gasteiger partial charge in [0.2, 0.25) is 0 Å². The molecule has 1 N–H and O–H groups in total. The molecule has 0 fully saturated rings. The molecule has 0 saturated heterocycles. The molecule has 1 rings (SSSR count). The first kappa shape index (κ1) is 20.0. The highest BCUT2D eigenvalue weighted by atomic mass is 31.2. The minimum Gasteiger partial charge on any atom is -0.506 e. The van der Waals surface area contributed by atoms with Crippen molar-refractivity contribution >= 4 is 25.1 Å². The molecule has 5 nitrogen and oxygen atoms in total. The number of halogens is 3. The Bertz CT molecular complexity index is 740. The number of nitrogens with zero attached hydrogens (tertiary/aromatic N) is 1. The number of hydrogen-bond acceptors (Lipinski definition) is 5. The Morgan fingerprint density at radius 2 is 1.83 bits per heavy atom. The van der Waals surface area contributed by atoms with E-state index in [9.17, 15) is 27.6 Å². The minimum absolute atomic E-state index is 0.0379. The van der Waals surface area contributed by atoms with Crippen LogP contribution in [0.4, 0.5) is 13.2 Å². The van der Waals surface area contributed by atoms with Gasteiger partial charge in [-0.2, -0.15) is 0 Å². The molecular weight excluding hydrogens is 346 g/mol. The van der Waals surface area contributed by atoms with Gasteiger partial charge in [-0.1, -0.05) is 0 Å². The van der Waals surface area contributed by atoms with Crippen LogP contribution in [0.1, 0.15) is 12.5 Å². The van der Waals surface area contributed by atoms with Crippen molar-refractivity contribution in [2.45, 2.75) is 6.92 Å². The number of benzene rings is 1. The van der Waals surface area contributed by atoms with Gasteiger partial charge < -0.3 is 14.4 Å². The number of carbonyl (C=O) groups excluding carboxylic acids is 1. The molecule has 0 saturated carbocycles. The molecule has 0 heterocycles. The maximum absolute atomic E-state index is 13.8. The van der Waals surface area contributed by atoms with E-state index in [-0.39, 0.29) is 19.0 Å². The second-order valence-corrected chi connectivity index (χ2v) is 8.69. The summed E-state index contributed by atoms with van der Waals surface area (Å²) in [6, 6.07) is 0.657. The third kappa shape index (κ3) is 5.53. The summed E-state index contributed by atoms with van der Waals surface area (Å²) in [5, 5.41) is 10.1. The first-order valence-electron chi connectivity index (χ1n) is 6.86. The second kappa shape index (κ2) is 8.15. The zero-order valence-electron chi connectivity index (χ0n) is 13.3. The van der Waals surface area contributed by atoms with E-state index < -0.39 is 47.5 Å². The molecule has 0 bridgehead atoms. The molecule has 0 aliphatic carbocycles. The van der Waals surface area contributed by atoms with Crippen LogP contribution < -0.4 is 0 Å². The molecule has 0 unspecified atom stereocenters. The van der Waals surface area contributed by atoms with Gasteiger partial charge in [-0.25, -0.2) is 18.0 Å². The lowest BCUT2D eigenvalue weighted by Gasteiger charge is -2.09. The molecule has 0 aliphatic rings. The Morgan fingerprint density at radius 1 is 1.25 bits per heavy atom. The van der Waals surface area contributed by atoms with Gasteiger partial charge in [-0.05, 0) is 26.3 Å². The van der Waals surface area contributed by atoms with E-state index in [1.165, 1.54) is 20.3 Å². The SMILES string of the molecule is CCOC(=O)C(/C=N\CP(C)(C)=O)=C(\O)c1cc(F)c(F)cc1F. The number of hydrogen-bond donors (Lipinski definition) is 1. The Hall–Kier alpha value is -2.08. The number of aliphatic hydroxyl groups excluding tert-OH is 1. The smallest absolute Gasteiger partial charge is 0.343 e. The Balaban J connectivity index is 3.39. The van der Waals surface area contributed by atoms with Gasteiger partial charge in [0.05, 0.1) is 18.5 Å². The summed E-state index contributed by atoms with van der Waals surface area (Å²) in [6.07, 6.45) is 0.747. The zero-order chi connectivity index (χ0) is 18.5. The maximum Gasteiger partial charge on any atom is 0.343 e. The van der Waals surface area contributed by atoms with E-state index in [2.05, 4.69) is 4.99 Å². The number of ether oxygens (including phenoxy) is 1. The quantitative estimate of drug-likeness (QED) is 0.209. The van der Waals surface area contributed by atoms with Crippen molar-refractivity contribution < 1.29 is 32.4 Å². The van der Waals surface area contributed by atoms with E-state index in [0.29, 0.717) is 6.07 Å². The van der Waals surface area contributed by atoms with Crippen molar-refractivity contribution in [3.05, 3.63) is 40.7 Å². The van der Waals surface area contributed by atoms with Crippen molar-refractivity contribution in [2.24, 2.45) is 4.99 Å². The lowest BCUT2D eigenvalue weighted by Crippen LogP contribution is -2.12. The van der Waals surface area contributed by atoms with Gasteiger partial charge in [-0.3, -0.25) is 4.99 Å². The predicted octanol–water partition coefficient (Wildman–Crippen LogP) is 3.59. The van der Waals surface area contributed by atoms with Crippen molar-refractivity contribution in [3.63, 3.8) is 0 Å². The van der Waals surface area contributed by atoms with E-state index >= 15 is 0 Å². The highest BCUT2D eigenvalue weighted by Crippen LogP contribution is 2.35. The average Bonchev–Trinajstić information content (AvgIpc) is 2.46. The van der Waals surface area contributed by atoms with Crippen LogP contribution in [-0.2, 0) is 14.1 Å². The third-order valence-electron chi connectivity index (χ3n) is 2.66. The van der Waals surface area contributed by atoms with Crippen molar-refractivity contribution in [1.29, 1.82) is 0 Å². The Kier molecular flexibility index (Phi) is 6.78. The molecule has 132 valence electrons. The molecule has 1 aromatic carbocycles. The minimum atomic E-state index is -2.53. The zero-order valence-corrected chi connectivity index (χ0v) is 14.2. The summed E-state index contributed by atoms with van der Waals surface area (Å²) in [5.41, 5.74) is -1.28. The van der Waals surface area contributed by atoms with Gasteiger partial charge in [-0.15, -0.1) is 0 Å². The molecule has 9 heteroatoms. The first-order chi connectivity index (χ1) is 11.1. The number of carbonyl (C=O) groups is 1. The highest BCUT2D eigenvalue weighted by Gasteiger charge is 2.21. The maximum atomic E-state index is 13.8. The number of esters is 1. The molecule has 0 spiro atoms. The van der Waals surface area contributed by atoms with Crippen LogP contribution in [0.15, 0.2) is 22.7 Å². The second-order valence-electron chi connectivity index (χ2n) is 5.26. The average molecular weight is 363 g/mol. The summed E-state index contributed by atoms with van der Waals surface area (Å²) < 4.78 is 56.3. The lowest BCUT2D eigenvalue weighted by molar-refractivity contribution is -0.137. The van der Waals surface area contributed by atoms with E-state index in [4.69, 9.17) is 4.74 Å². The monoisotopic (exact) mass is 363 g/mol. The van der Waals surface area contributed by atoms with E-state index in [0.717, 1.165) is 6.21 Å². The van der Waals surface area contributed by atoms with Crippen molar-refractivity contribution in [3.8, 4) is 0 Å². The summed E-state index contributed by atoms with van der Waals surface area (Å²) in [5.74, 6) is -6.10. The van der Waals surface area contributed by atoms with Gasteiger partial charge in [0.1, 0.15) is 24.3 Å². The Labute approximate surface area is 137 Å². The summed E-state index contributed by atoms with van der Waals surface area (Å²) in [4.78, 5) is 15.7. The summed E-state index contributed by atoms with van der Waals surface area (Å²) in [7, 11) is -2.53. The number of aliphatic imine (C=N–C) groups is 1.